The van der Waals surface area contributed by atoms with E-state index in [4.69, 9.17) is 0 Å². The van der Waals surface area contributed by atoms with Crippen LogP contribution in [0.15, 0.2) is 36.4 Å². The van der Waals surface area contributed by atoms with Crippen molar-refractivity contribution in [2.45, 2.75) is 13.8 Å². The number of anilines is 2. The van der Waals surface area contributed by atoms with Gasteiger partial charge in [-0.3, -0.25) is 14.9 Å². The van der Waals surface area contributed by atoms with Crippen LogP contribution in [0.3, 0.4) is 0 Å². The minimum absolute atomic E-state index is 0.0564. The van der Waals surface area contributed by atoms with Crippen LogP contribution in [0.5, 0.6) is 0 Å². The highest BCUT2D eigenvalue weighted by Crippen LogP contribution is 2.21. The van der Waals surface area contributed by atoms with Gasteiger partial charge in [0.2, 0.25) is 5.91 Å². The summed E-state index contributed by atoms with van der Waals surface area (Å²) in [6.45, 7) is 3.32. The largest absolute Gasteiger partial charge is 0.376 e. The van der Waals surface area contributed by atoms with E-state index in [0.717, 1.165) is 5.56 Å². The molecule has 1 amide bonds. The van der Waals surface area contributed by atoms with E-state index in [1.54, 1.807) is 32.0 Å². The summed E-state index contributed by atoms with van der Waals surface area (Å²) in [4.78, 5) is 22.1. The van der Waals surface area contributed by atoms with Crippen molar-refractivity contribution < 1.29 is 14.1 Å². The fourth-order valence-corrected chi connectivity index (χ4v) is 1.97. The molecule has 0 aliphatic heterocycles. The zero-order valence-corrected chi connectivity index (χ0v) is 12.7. The Hall–Kier alpha value is -2.96. The van der Waals surface area contributed by atoms with Crippen LogP contribution < -0.4 is 10.6 Å². The Kier molecular flexibility index (Phi) is 4.90. The Bertz CT molecular complexity index is 762. The molecule has 120 valence electrons. The molecule has 6 nitrogen and oxygen atoms in total. The predicted molar refractivity (Wildman–Crippen MR) is 86.1 cm³/mol. The lowest BCUT2D eigenvalue weighted by Gasteiger charge is -2.10. The molecule has 0 fully saturated rings. The van der Waals surface area contributed by atoms with Crippen LogP contribution in [0, 0.1) is 29.8 Å². The van der Waals surface area contributed by atoms with Gasteiger partial charge in [-0.15, -0.1) is 0 Å². The highest BCUT2D eigenvalue weighted by Gasteiger charge is 2.10. The molecule has 7 heteroatoms. The molecule has 2 N–H and O–H groups in total. The van der Waals surface area contributed by atoms with Gasteiger partial charge in [0, 0.05) is 23.5 Å². The average Bonchev–Trinajstić information content (AvgIpc) is 2.50. The summed E-state index contributed by atoms with van der Waals surface area (Å²) in [5, 5.41) is 16.2. The molecule has 2 aromatic rings. The minimum Gasteiger partial charge on any atom is -0.376 e. The number of nitrogens with one attached hydrogen (secondary N) is 2. The Labute approximate surface area is 132 Å². The minimum atomic E-state index is -0.500. The van der Waals surface area contributed by atoms with Gasteiger partial charge in [0.05, 0.1) is 11.5 Å². The van der Waals surface area contributed by atoms with Crippen molar-refractivity contribution in [2.24, 2.45) is 0 Å². The van der Waals surface area contributed by atoms with Gasteiger partial charge in [-0.05, 0) is 37.1 Å². The Morgan fingerprint density at radius 3 is 2.52 bits per heavy atom. The molecule has 0 atom stereocenters. The number of nitrogens with zero attached hydrogens (tertiary/aromatic N) is 1. The van der Waals surface area contributed by atoms with Gasteiger partial charge in [-0.2, -0.15) is 0 Å². The van der Waals surface area contributed by atoms with E-state index in [1.165, 1.54) is 18.2 Å². The Morgan fingerprint density at radius 2 is 1.87 bits per heavy atom. The molecule has 0 heterocycles. The SMILES string of the molecule is Cc1ccc(NC(=O)CNc2cc([N+](=O)[O-])ccc2C)cc1F. The van der Waals surface area contributed by atoms with Gasteiger partial charge in [-0.1, -0.05) is 12.1 Å². The topological polar surface area (TPSA) is 84.3 Å². The first kappa shape index (κ1) is 16.4. The van der Waals surface area contributed by atoms with E-state index in [9.17, 15) is 19.3 Å². The normalized spacial score (nSPS) is 10.2. The van der Waals surface area contributed by atoms with Gasteiger partial charge >= 0.3 is 0 Å². The first-order valence-electron chi connectivity index (χ1n) is 6.92. The number of amides is 1. The van der Waals surface area contributed by atoms with Crippen LogP contribution >= 0.6 is 0 Å². The predicted octanol–water partition coefficient (Wildman–Crippen LogP) is 3.40. The zero-order chi connectivity index (χ0) is 17.0. The van der Waals surface area contributed by atoms with Crippen molar-refractivity contribution >= 4 is 23.0 Å². The average molecular weight is 317 g/mol. The molecule has 0 bridgehead atoms. The van der Waals surface area contributed by atoms with Crippen molar-refractivity contribution in [2.75, 3.05) is 17.2 Å². The summed E-state index contributed by atoms with van der Waals surface area (Å²) < 4.78 is 13.4. The standard InChI is InChI=1S/C16H16FN3O3/c1-10-3-5-12(7-14(10)17)19-16(21)9-18-15-8-13(20(22)23)6-4-11(15)2/h3-8,18H,9H2,1-2H3,(H,19,21). The number of aryl methyl sites for hydroxylation is 2. The van der Waals surface area contributed by atoms with Crippen molar-refractivity contribution in [3.8, 4) is 0 Å². The van der Waals surface area contributed by atoms with Gasteiger partial charge < -0.3 is 10.6 Å². The first-order chi connectivity index (χ1) is 10.9. The molecule has 23 heavy (non-hydrogen) atoms. The van der Waals surface area contributed by atoms with E-state index in [1.807, 2.05) is 0 Å². The van der Waals surface area contributed by atoms with Crippen LogP contribution in [0.25, 0.3) is 0 Å². The van der Waals surface area contributed by atoms with Crippen LogP contribution in [0.4, 0.5) is 21.5 Å². The summed E-state index contributed by atoms with van der Waals surface area (Å²) in [5.74, 6) is -0.774. The maximum absolute atomic E-state index is 13.4. The molecular weight excluding hydrogens is 301 g/mol. The lowest BCUT2D eigenvalue weighted by molar-refractivity contribution is -0.384. The van der Waals surface area contributed by atoms with Crippen molar-refractivity contribution in [3.63, 3.8) is 0 Å². The van der Waals surface area contributed by atoms with Crippen LogP contribution in [0.1, 0.15) is 11.1 Å². The number of halogens is 1. The summed E-state index contributed by atoms with van der Waals surface area (Å²) in [5.41, 5.74) is 2.08. The van der Waals surface area contributed by atoms with E-state index in [-0.39, 0.29) is 18.1 Å². The molecule has 0 aromatic heterocycles. The maximum atomic E-state index is 13.4. The molecule has 0 saturated carbocycles. The highest BCUT2D eigenvalue weighted by molar-refractivity contribution is 5.93. The molecule has 2 aromatic carbocycles. The number of carbonyl (C=O) groups is 1. The smallest absolute Gasteiger partial charge is 0.271 e. The third kappa shape index (κ3) is 4.26. The number of nitro benzene ring substituents is 1. The second kappa shape index (κ2) is 6.87. The van der Waals surface area contributed by atoms with Crippen molar-refractivity contribution in [3.05, 3.63) is 63.5 Å². The number of carbonyl (C=O) groups excluding carboxylic acids is 1. The number of benzene rings is 2. The second-order valence-electron chi connectivity index (χ2n) is 5.12. The van der Waals surface area contributed by atoms with Crippen LogP contribution in [0.2, 0.25) is 0 Å². The molecule has 0 aliphatic rings. The molecule has 2 rings (SSSR count). The molecule has 0 aliphatic carbocycles. The number of non-ortho nitro benzene ring substituents is 1. The monoisotopic (exact) mass is 317 g/mol. The van der Waals surface area contributed by atoms with E-state index in [0.29, 0.717) is 16.9 Å². The number of hydrogen-bond acceptors (Lipinski definition) is 4. The van der Waals surface area contributed by atoms with E-state index >= 15 is 0 Å². The van der Waals surface area contributed by atoms with Crippen molar-refractivity contribution in [1.82, 2.24) is 0 Å². The fourth-order valence-electron chi connectivity index (χ4n) is 1.97. The quantitative estimate of drug-likeness (QED) is 0.654. The number of hydrogen-bond donors (Lipinski definition) is 2. The molecule has 0 unspecified atom stereocenters. The van der Waals surface area contributed by atoms with Gasteiger partial charge in [0.25, 0.3) is 5.69 Å². The molecular formula is C16H16FN3O3. The van der Waals surface area contributed by atoms with Gasteiger partial charge in [0.15, 0.2) is 0 Å². The number of rotatable bonds is 5. The molecule has 0 saturated heterocycles. The first-order valence-corrected chi connectivity index (χ1v) is 6.92. The summed E-state index contributed by atoms with van der Waals surface area (Å²) in [6.07, 6.45) is 0. The maximum Gasteiger partial charge on any atom is 0.271 e. The fraction of sp³-hybridized carbons (Fsp3) is 0.188. The summed E-state index contributed by atoms with van der Waals surface area (Å²) >= 11 is 0. The number of nitro groups is 1. The zero-order valence-electron chi connectivity index (χ0n) is 12.7. The van der Waals surface area contributed by atoms with Gasteiger partial charge in [-0.25, -0.2) is 4.39 Å². The lowest BCUT2D eigenvalue weighted by Crippen LogP contribution is -2.22. The van der Waals surface area contributed by atoms with Crippen LogP contribution in [-0.4, -0.2) is 17.4 Å². The van der Waals surface area contributed by atoms with E-state index in [2.05, 4.69) is 10.6 Å². The second-order valence-corrected chi connectivity index (χ2v) is 5.12. The highest BCUT2D eigenvalue weighted by atomic mass is 19.1. The summed E-state index contributed by atoms with van der Waals surface area (Å²) in [6, 6.07) is 8.79. The molecule has 0 radical (unpaired) electrons. The molecule has 0 spiro atoms. The van der Waals surface area contributed by atoms with Gasteiger partial charge in [0.1, 0.15) is 5.82 Å². The summed E-state index contributed by atoms with van der Waals surface area (Å²) in [7, 11) is 0. The Morgan fingerprint density at radius 1 is 1.17 bits per heavy atom. The van der Waals surface area contributed by atoms with Crippen LogP contribution in [-0.2, 0) is 4.79 Å². The van der Waals surface area contributed by atoms with E-state index < -0.39 is 10.7 Å². The Balaban J connectivity index is 2.00. The van der Waals surface area contributed by atoms with Crippen molar-refractivity contribution in [1.29, 1.82) is 0 Å². The lowest BCUT2D eigenvalue weighted by atomic mass is 10.2. The third-order valence-electron chi connectivity index (χ3n) is 3.33. The third-order valence-corrected chi connectivity index (χ3v) is 3.33.